The third-order valence-electron chi connectivity index (χ3n) is 5.39. The van der Waals surface area contributed by atoms with Crippen LogP contribution in [0.5, 0.6) is 11.5 Å². The minimum absolute atomic E-state index is 0.196. The predicted octanol–water partition coefficient (Wildman–Crippen LogP) is 2.80. The SMILES string of the molecule is CCNC(=NCc1ccc2c(c1)OCO2)NCC1(CCO)CCCCC1. The smallest absolute Gasteiger partial charge is 0.231 e. The monoisotopic (exact) mass is 361 g/mol. The summed E-state index contributed by atoms with van der Waals surface area (Å²) in [7, 11) is 0. The van der Waals surface area contributed by atoms with Crippen LogP contribution < -0.4 is 20.1 Å². The number of nitrogens with one attached hydrogen (secondary N) is 2. The molecule has 1 heterocycles. The fourth-order valence-electron chi connectivity index (χ4n) is 3.88. The summed E-state index contributed by atoms with van der Waals surface area (Å²) in [5, 5.41) is 16.3. The second kappa shape index (κ2) is 9.12. The van der Waals surface area contributed by atoms with E-state index in [1.807, 2.05) is 18.2 Å². The molecule has 0 aromatic heterocycles. The topological polar surface area (TPSA) is 75.1 Å². The van der Waals surface area contributed by atoms with E-state index in [4.69, 9.17) is 14.5 Å². The van der Waals surface area contributed by atoms with Crippen molar-refractivity contribution in [3.8, 4) is 11.5 Å². The standard InChI is InChI=1S/C20H31N3O3/c1-2-21-19(23-14-20(10-11-24)8-4-3-5-9-20)22-13-16-6-7-17-18(12-16)26-15-25-17/h6-7,12,24H,2-5,8-11,13-15H2,1H3,(H2,21,22,23). The minimum Gasteiger partial charge on any atom is -0.454 e. The first-order valence-electron chi connectivity index (χ1n) is 9.76. The summed E-state index contributed by atoms with van der Waals surface area (Å²) in [5.41, 5.74) is 1.29. The van der Waals surface area contributed by atoms with Gasteiger partial charge in [-0.3, -0.25) is 0 Å². The lowest BCUT2D eigenvalue weighted by Crippen LogP contribution is -2.44. The van der Waals surface area contributed by atoms with Crippen LogP contribution in [0.25, 0.3) is 0 Å². The lowest BCUT2D eigenvalue weighted by molar-refractivity contribution is 0.131. The molecule has 1 fully saturated rings. The second-order valence-electron chi connectivity index (χ2n) is 7.27. The zero-order valence-corrected chi connectivity index (χ0v) is 15.7. The molecule has 0 atom stereocenters. The number of aliphatic hydroxyl groups is 1. The molecule has 26 heavy (non-hydrogen) atoms. The average molecular weight is 361 g/mol. The summed E-state index contributed by atoms with van der Waals surface area (Å²) < 4.78 is 10.8. The first-order chi connectivity index (χ1) is 12.7. The Morgan fingerprint density at radius 3 is 2.73 bits per heavy atom. The Morgan fingerprint density at radius 1 is 1.15 bits per heavy atom. The highest BCUT2D eigenvalue weighted by molar-refractivity contribution is 5.79. The van der Waals surface area contributed by atoms with Gasteiger partial charge < -0.3 is 25.2 Å². The van der Waals surface area contributed by atoms with Gasteiger partial charge in [0.25, 0.3) is 0 Å². The zero-order chi connectivity index (χ0) is 18.2. The highest BCUT2D eigenvalue weighted by Gasteiger charge is 2.31. The third-order valence-corrected chi connectivity index (χ3v) is 5.39. The molecule has 0 amide bonds. The third kappa shape index (κ3) is 4.81. The highest BCUT2D eigenvalue weighted by Crippen LogP contribution is 2.38. The summed E-state index contributed by atoms with van der Waals surface area (Å²) in [5.74, 6) is 2.42. The fraction of sp³-hybridized carbons (Fsp3) is 0.650. The van der Waals surface area contributed by atoms with Crippen molar-refractivity contribution in [2.24, 2.45) is 10.4 Å². The Labute approximate surface area is 156 Å². The van der Waals surface area contributed by atoms with Gasteiger partial charge in [0.15, 0.2) is 17.5 Å². The van der Waals surface area contributed by atoms with Gasteiger partial charge in [0, 0.05) is 19.7 Å². The van der Waals surface area contributed by atoms with Gasteiger partial charge >= 0.3 is 0 Å². The van der Waals surface area contributed by atoms with Gasteiger partial charge in [0.05, 0.1) is 6.54 Å². The first kappa shape index (κ1) is 18.8. The van der Waals surface area contributed by atoms with E-state index >= 15 is 0 Å². The molecule has 0 saturated heterocycles. The summed E-state index contributed by atoms with van der Waals surface area (Å²) in [6.07, 6.45) is 7.05. The van der Waals surface area contributed by atoms with Crippen molar-refractivity contribution in [2.75, 3.05) is 26.5 Å². The van der Waals surface area contributed by atoms with Crippen LogP contribution >= 0.6 is 0 Å². The Kier molecular flexibility index (Phi) is 6.61. The number of hydrogen-bond acceptors (Lipinski definition) is 4. The van der Waals surface area contributed by atoms with E-state index in [-0.39, 0.29) is 12.0 Å². The van der Waals surface area contributed by atoms with Gasteiger partial charge in [-0.1, -0.05) is 25.3 Å². The van der Waals surface area contributed by atoms with Crippen LogP contribution in [-0.2, 0) is 6.54 Å². The maximum atomic E-state index is 9.49. The van der Waals surface area contributed by atoms with Gasteiger partial charge in [-0.15, -0.1) is 0 Å². The van der Waals surface area contributed by atoms with Crippen molar-refractivity contribution >= 4 is 5.96 Å². The molecule has 3 N–H and O–H groups in total. The van der Waals surface area contributed by atoms with Crippen molar-refractivity contribution in [3.63, 3.8) is 0 Å². The molecule has 6 nitrogen and oxygen atoms in total. The summed E-state index contributed by atoms with van der Waals surface area (Å²) in [6, 6.07) is 5.95. The van der Waals surface area contributed by atoms with Gasteiger partial charge in [0.1, 0.15) is 0 Å². The van der Waals surface area contributed by atoms with E-state index < -0.39 is 0 Å². The Morgan fingerprint density at radius 2 is 1.96 bits per heavy atom. The first-order valence-corrected chi connectivity index (χ1v) is 9.76. The lowest BCUT2D eigenvalue weighted by Gasteiger charge is -2.37. The molecule has 1 aliphatic heterocycles. The van der Waals surface area contributed by atoms with Gasteiger partial charge in [-0.25, -0.2) is 4.99 Å². The van der Waals surface area contributed by atoms with E-state index in [1.54, 1.807) is 0 Å². The van der Waals surface area contributed by atoms with Gasteiger partial charge in [-0.2, -0.15) is 0 Å². The van der Waals surface area contributed by atoms with Crippen LogP contribution in [-0.4, -0.2) is 37.6 Å². The number of fused-ring (bicyclic) bond motifs is 1. The van der Waals surface area contributed by atoms with E-state index in [2.05, 4.69) is 17.6 Å². The molecule has 3 rings (SSSR count). The van der Waals surface area contributed by atoms with E-state index in [1.165, 1.54) is 32.1 Å². The average Bonchev–Trinajstić information content (AvgIpc) is 3.13. The maximum Gasteiger partial charge on any atom is 0.231 e. The van der Waals surface area contributed by atoms with Crippen LogP contribution in [0.15, 0.2) is 23.2 Å². The molecule has 1 aliphatic carbocycles. The van der Waals surface area contributed by atoms with Crippen molar-refractivity contribution in [3.05, 3.63) is 23.8 Å². The Hall–Kier alpha value is -1.95. The normalized spacial score (nSPS) is 18.6. The Bertz CT molecular complexity index is 607. The van der Waals surface area contributed by atoms with Crippen molar-refractivity contribution in [1.29, 1.82) is 0 Å². The molecule has 0 bridgehead atoms. The molecule has 1 saturated carbocycles. The molecule has 1 aromatic rings. The number of nitrogens with zero attached hydrogens (tertiary/aromatic N) is 1. The van der Waals surface area contributed by atoms with Crippen LogP contribution in [0.2, 0.25) is 0 Å². The lowest BCUT2D eigenvalue weighted by atomic mass is 9.72. The van der Waals surface area contributed by atoms with Gasteiger partial charge in [-0.05, 0) is 49.3 Å². The molecule has 6 heteroatoms. The van der Waals surface area contributed by atoms with E-state index in [0.29, 0.717) is 13.3 Å². The van der Waals surface area contributed by atoms with E-state index in [9.17, 15) is 5.11 Å². The quantitative estimate of drug-likeness (QED) is 0.514. The summed E-state index contributed by atoms with van der Waals surface area (Å²) in [6.45, 7) is 4.88. The number of hydrogen-bond donors (Lipinski definition) is 3. The molecule has 1 aromatic carbocycles. The highest BCUT2D eigenvalue weighted by atomic mass is 16.7. The van der Waals surface area contributed by atoms with Crippen LogP contribution in [0.1, 0.15) is 51.0 Å². The Balaban J connectivity index is 1.61. The summed E-state index contributed by atoms with van der Waals surface area (Å²) in [4.78, 5) is 4.72. The number of guanidine groups is 1. The number of benzene rings is 1. The maximum absolute atomic E-state index is 9.49. The number of aliphatic imine (C=N–C) groups is 1. The zero-order valence-electron chi connectivity index (χ0n) is 15.7. The van der Waals surface area contributed by atoms with Crippen LogP contribution in [0, 0.1) is 5.41 Å². The second-order valence-corrected chi connectivity index (χ2v) is 7.27. The molecule has 0 radical (unpaired) electrons. The van der Waals surface area contributed by atoms with Crippen molar-refractivity contribution in [1.82, 2.24) is 10.6 Å². The number of ether oxygens (including phenoxy) is 2. The van der Waals surface area contributed by atoms with E-state index in [0.717, 1.165) is 42.5 Å². The molecule has 2 aliphatic rings. The van der Waals surface area contributed by atoms with Crippen LogP contribution in [0.3, 0.4) is 0 Å². The minimum atomic E-state index is 0.196. The molecular weight excluding hydrogens is 330 g/mol. The molecule has 0 unspecified atom stereocenters. The predicted molar refractivity (Wildman–Crippen MR) is 103 cm³/mol. The molecule has 0 spiro atoms. The summed E-state index contributed by atoms with van der Waals surface area (Å²) >= 11 is 0. The fourth-order valence-corrected chi connectivity index (χ4v) is 3.88. The molecular formula is C20H31N3O3. The number of rotatable bonds is 7. The van der Waals surface area contributed by atoms with Crippen molar-refractivity contribution < 1.29 is 14.6 Å². The number of aliphatic hydroxyl groups excluding tert-OH is 1. The van der Waals surface area contributed by atoms with Crippen molar-refractivity contribution in [2.45, 2.75) is 52.0 Å². The van der Waals surface area contributed by atoms with Crippen LogP contribution in [0.4, 0.5) is 0 Å². The van der Waals surface area contributed by atoms with Gasteiger partial charge in [0.2, 0.25) is 6.79 Å². The molecule has 144 valence electrons. The largest absolute Gasteiger partial charge is 0.454 e.